The highest BCUT2D eigenvalue weighted by Crippen LogP contribution is 2.19. The van der Waals surface area contributed by atoms with Crippen molar-refractivity contribution < 1.29 is 4.79 Å². The molecule has 1 aromatic rings. The molecule has 1 N–H and O–H groups in total. The van der Waals surface area contributed by atoms with Gasteiger partial charge >= 0.3 is 0 Å². The number of hydrogen-bond donors (Lipinski definition) is 1. The van der Waals surface area contributed by atoms with Crippen LogP contribution in [0.2, 0.25) is 0 Å². The van der Waals surface area contributed by atoms with E-state index in [0.29, 0.717) is 6.04 Å². The highest BCUT2D eigenvalue weighted by Gasteiger charge is 2.23. The summed E-state index contributed by atoms with van der Waals surface area (Å²) in [5.41, 5.74) is 1.84. The van der Waals surface area contributed by atoms with Crippen molar-refractivity contribution in [1.29, 1.82) is 0 Å². The van der Waals surface area contributed by atoms with Gasteiger partial charge in [-0.25, -0.2) is 0 Å². The zero-order chi connectivity index (χ0) is 14.5. The van der Waals surface area contributed by atoms with E-state index >= 15 is 0 Å². The maximum absolute atomic E-state index is 12.3. The number of nitrogens with zero attached hydrogens (tertiary/aromatic N) is 1. The lowest BCUT2D eigenvalue weighted by Gasteiger charge is -2.23. The van der Waals surface area contributed by atoms with E-state index in [1.54, 1.807) is 11.8 Å². The lowest BCUT2D eigenvalue weighted by Crippen LogP contribution is -2.40. The summed E-state index contributed by atoms with van der Waals surface area (Å²) in [4.78, 5) is 15.9. The van der Waals surface area contributed by atoms with Crippen LogP contribution in [-0.4, -0.2) is 42.7 Å². The molecule has 0 aliphatic carbocycles. The van der Waals surface area contributed by atoms with Crippen molar-refractivity contribution in [3.63, 3.8) is 0 Å². The average molecular weight is 292 g/mol. The molecule has 0 spiro atoms. The summed E-state index contributed by atoms with van der Waals surface area (Å²) in [5, 5.41) is 3.11. The lowest BCUT2D eigenvalue weighted by atomic mass is 10.1. The molecular weight excluding hydrogens is 268 g/mol. The summed E-state index contributed by atoms with van der Waals surface area (Å²) < 4.78 is 0. The van der Waals surface area contributed by atoms with Crippen LogP contribution in [0.3, 0.4) is 0 Å². The number of benzene rings is 1. The molecule has 0 bridgehead atoms. The topological polar surface area (TPSA) is 32.3 Å². The first kappa shape index (κ1) is 15.4. The molecule has 1 aromatic carbocycles. The summed E-state index contributed by atoms with van der Waals surface area (Å²) in [6, 6.07) is 6.58. The molecule has 1 amide bonds. The van der Waals surface area contributed by atoms with E-state index in [2.05, 4.69) is 23.2 Å². The average Bonchev–Trinajstić information content (AvgIpc) is 2.92. The number of rotatable bonds is 5. The fourth-order valence-corrected chi connectivity index (χ4v) is 3.26. The molecular formula is C16H24N2OS. The third-order valence-corrected chi connectivity index (χ3v) is 4.82. The minimum atomic E-state index is 0.0568. The van der Waals surface area contributed by atoms with Gasteiger partial charge < -0.3 is 5.32 Å². The molecule has 0 aromatic heterocycles. The quantitative estimate of drug-likeness (QED) is 0.847. The van der Waals surface area contributed by atoms with Crippen molar-refractivity contribution in [3.8, 4) is 0 Å². The van der Waals surface area contributed by atoms with Crippen LogP contribution in [-0.2, 0) is 0 Å². The van der Waals surface area contributed by atoms with Gasteiger partial charge in [0.15, 0.2) is 0 Å². The smallest absolute Gasteiger partial charge is 0.251 e. The number of amides is 1. The van der Waals surface area contributed by atoms with Crippen molar-refractivity contribution in [2.24, 2.45) is 0 Å². The first-order valence-corrected chi connectivity index (χ1v) is 8.55. The summed E-state index contributed by atoms with van der Waals surface area (Å²) in [5.74, 6) is 0.0568. The van der Waals surface area contributed by atoms with Crippen molar-refractivity contribution in [2.45, 2.75) is 37.6 Å². The predicted molar refractivity (Wildman–Crippen MR) is 85.6 cm³/mol. The van der Waals surface area contributed by atoms with Gasteiger partial charge in [0.2, 0.25) is 0 Å². The molecule has 4 heteroatoms. The van der Waals surface area contributed by atoms with Crippen LogP contribution in [0, 0.1) is 6.92 Å². The first-order chi connectivity index (χ1) is 9.65. The Bertz CT molecular complexity index is 476. The second-order valence-corrected chi connectivity index (χ2v) is 6.20. The molecule has 2 rings (SSSR count). The summed E-state index contributed by atoms with van der Waals surface area (Å²) in [6.07, 6.45) is 4.47. The van der Waals surface area contributed by atoms with E-state index in [-0.39, 0.29) is 5.91 Å². The number of likely N-dealkylation sites (N-methyl/N-ethyl adjacent to an activating group) is 1. The Hall–Kier alpha value is -1.00. The SMILES string of the molecule is CCN1CCCC1CNC(=O)c1cc(SC)ccc1C. The molecule has 1 heterocycles. The van der Waals surface area contributed by atoms with Crippen LogP contribution in [0.5, 0.6) is 0 Å². The van der Waals surface area contributed by atoms with Gasteiger partial charge in [-0.05, 0) is 56.8 Å². The van der Waals surface area contributed by atoms with Gasteiger partial charge in [-0.2, -0.15) is 0 Å². The first-order valence-electron chi connectivity index (χ1n) is 7.32. The van der Waals surface area contributed by atoms with E-state index in [1.807, 2.05) is 25.3 Å². The molecule has 1 fully saturated rings. The van der Waals surface area contributed by atoms with Crippen LogP contribution >= 0.6 is 11.8 Å². The Morgan fingerprint density at radius 3 is 3.00 bits per heavy atom. The summed E-state index contributed by atoms with van der Waals surface area (Å²) >= 11 is 1.67. The van der Waals surface area contributed by atoms with Gasteiger partial charge in [-0.15, -0.1) is 11.8 Å². The number of likely N-dealkylation sites (tertiary alicyclic amines) is 1. The fourth-order valence-electron chi connectivity index (χ4n) is 2.82. The standard InChI is InChI=1S/C16H24N2OS/c1-4-18-9-5-6-13(18)11-17-16(19)15-10-14(20-3)8-7-12(15)2/h7-8,10,13H,4-6,9,11H2,1-3H3,(H,17,19). The van der Waals surface area contributed by atoms with Crippen LogP contribution < -0.4 is 5.32 Å². The normalized spacial score (nSPS) is 19.2. The van der Waals surface area contributed by atoms with E-state index in [0.717, 1.165) is 35.7 Å². The number of thioether (sulfide) groups is 1. The number of nitrogens with one attached hydrogen (secondary N) is 1. The minimum Gasteiger partial charge on any atom is -0.350 e. The lowest BCUT2D eigenvalue weighted by molar-refractivity contribution is 0.0940. The maximum Gasteiger partial charge on any atom is 0.251 e. The zero-order valence-electron chi connectivity index (χ0n) is 12.6. The molecule has 0 saturated carbocycles. The Morgan fingerprint density at radius 2 is 2.30 bits per heavy atom. The molecule has 1 atom stereocenters. The molecule has 1 saturated heterocycles. The van der Waals surface area contributed by atoms with Crippen LogP contribution in [0.1, 0.15) is 35.7 Å². The number of carbonyl (C=O) groups excluding carboxylic acids is 1. The van der Waals surface area contributed by atoms with Gasteiger partial charge in [0.1, 0.15) is 0 Å². The molecule has 110 valence electrons. The monoisotopic (exact) mass is 292 g/mol. The van der Waals surface area contributed by atoms with Crippen LogP contribution in [0.4, 0.5) is 0 Å². The maximum atomic E-state index is 12.3. The van der Waals surface area contributed by atoms with Gasteiger partial charge in [0.05, 0.1) is 0 Å². The van der Waals surface area contributed by atoms with Crippen molar-refractivity contribution >= 4 is 17.7 Å². The molecule has 1 unspecified atom stereocenters. The van der Waals surface area contributed by atoms with Crippen molar-refractivity contribution in [3.05, 3.63) is 29.3 Å². The zero-order valence-corrected chi connectivity index (χ0v) is 13.4. The van der Waals surface area contributed by atoms with E-state index in [9.17, 15) is 4.79 Å². The number of carbonyl (C=O) groups is 1. The van der Waals surface area contributed by atoms with E-state index in [1.165, 1.54) is 12.8 Å². The molecule has 1 aliphatic heterocycles. The Balaban J connectivity index is 1.98. The number of hydrogen-bond acceptors (Lipinski definition) is 3. The summed E-state index contributed by atoms with van der Waals surface area (Å²) in [7, 11) is 0. The van der Waals surface area contributed by atoms with Gasteiger partial charge in [0.25, 0.3) is 5.91 Å². The van der Waals surface area contributed by atoms with E-state index in [4.69, 9.17) is 0 Å². The molecule has 0 radical (unpaired) electrons. The third kappa shape index (κ3) is 3.55. The Morgan fingerprint density at radius 1 is 1.50 bits per heavy atom. The van der Waals surface area contributed by atoms with Gasteiger partial charge in [0, 0.05) is 23.0 Å². The second kappa shape index (κ2) is 7.14. The van der Waals surface area contributed by atoms with E-state index < -0.39 is 0 Å². The Kier molecular flexibility index (Phi) is 5.49. The fraction of sp³-hybridized carbons (Fsp3) is 0.562. The molecule has 3 nitrogen and oxygen atoms in total. The minimum absolute atomic E-state index is 0.0568. The third-order valence-electron chi connectivity index (χ3n) is 4.09. The van der Waals surface area contributed by atoms with Crippen LogP contribution in [0.25, 0.3) is 0 Å². The molecule has 20 heavy (non-hydrogen) atoms. The predicted octanol–water partition coefficient (Wildman–Crippen LogP) is 2.93. The second-order valence-electron chi connectivity index (χ2n) is 5.32. The molecule has 1 aliphatic rings. The largest absolute Gasteiger partial charge is 0.350 e. The Labute approximate surface area is 126 Å². The van der Waals surface area contributed by atoms with Crippen molar-refractivity contribution in [1.82, 2.24) is 10.2 Å². The van der Waals surface area contributed by atoms with Crippen molar-refractivity contribution in [2.75, 3.05) is 25.9 Å². The van der Waals surface area contributed by atoms with Gasteiger partial charge in [-0.1, -0.05) is 13.0 Å². The number of aryl methyl sites for hydroxylation is 1. The van der Waals surface area contributed by atoms with Crippen LogP contribution in [0.15, 0.2) is 23.1 Å². The highest BCUT2D eigenvalue weighted by atomic mass is 32.2. The highest BCUT2D eigenvalue weighted by molar-refractivity contribution is 7.98. The van der Waals surface area contributed by atoms with Gasteiger partial charge in [-0.3, -0.25) is 9.69 Å². The summed E-state index contributed by atoms with van der Waals surface area (Å²) in [6.45, 7) is 7.17.